The lowest BCUT2D eigenvalue weighted by atomic mass is 10.1. The van der Waals surface area contributed by atoms with E-state index in [1.165, 1.54) is 11.3 Å². The first-order valence-electron chi connectivity index (χ1n) is 10.2. The van der Waals surface area contributed by atoms with Crippen molar-refractivity contribution in [1.82, 2.24) is 5.09 Å². The largest absolute Gasteiger partial charge is 0.477 e. The lowest BCUT2D eigenvalue weighted by Crippen LogP contribution is -2.47. The molecule has 0 aliphatic carbocycles. The Morgan fingerprint density at radius 3 is 2.50 bits per heavy atom. The predicted molar refractivity (Wildman–Crippen MR) is 126 cm³/mol. The van der Waals surface area contributed by atoms with E-state index in [1.807, 2.05) is 13.0 Å². The highest BCUT2D eigenvalue weighted by molar-refractivity contribution is 7.56. The number of carbonyl (C=O) groups is 2. The van der Waals surface area contributed by atoms with Crippen molar-refractivity contribution in [2.75, 3.05) is 6.61 Å². The molecule has 0 spiro atoms. The molecule has 0 fully saturated rings. The van der Waals surface area contributed by atoms with E-state index in [0.717, 1.165) is 10.1 Å². The van der Waals surface area contributed by atoms with E-state index in [0.29, 0.717) is 17.7 Å². The molecule has 0 aliphatic rings. The number of hydrogen-bond donors (Lipinski definition) is 2. The second-order valence-electron chi connectivity index (χ2n) is 7.90. The number of hydrogen-bond acceptors (Lipinski definition) is 6. The van der Waals surface area contributed by atoms with Gasteiger partial charge in [0, 0.05) is 4.70 Å². The van der Waals surface area contributed by atoms with E-state index in [1.54, 1.807) is 62.4 Å². The molecule has 2 aromatic carbocycles. The average Bonchev–Trinajstić information content (AvgIpc) is 3.15. The summed E-state index contributed by atoms with van der Waals surface area (Å²) in [6.07, 6.45) is 0.680. The minimum atomic E-state index is -3.62. The van der Waals surface area contributed by atoms with Crippen LogP contribution in [0, 0.1) is 0 Å². The van der Waals surface area contributed by atoms with Gasteiger partial charge in [0.2, 0.25) is 0 Å². The van der Waals surface area contributed by atoms with E-state index >= 15 is 0 Å². The van der Waals surface area contributed by atoms with Crippen LogP contribution in [-0.2, 0) is 20.3 Å². The number of fused-ring (bicyclic) bond motifs is 1. The summed E-state index contributed by atoms with van der Waals surface area (Å²) in [6, 6.07) is 15.7. The van der Waals surface area contributed by atoms with Gasteiger partial charge in [-0.25, -0.2) is 9.88 Å². The quantitative estimate of drug-likeness (QED) is 0.287. The van der Waals surface area contributed by atoms with Crippen LogP contribution >= 0.6 is 18.9 Å². The number of nitrogens with one attached hydrogen (secondary N) is 1. The van der Waals surface area contributed by atoms with E-state index < -0.39 is 25.0 Å². The highest BCUT2D eigenvalue weighted by Crippen LogP contribution is 2.48. The van der Waals surface area contributed by atoms with Crippen LogP contribution in [0.1, 0.15) is 42.4 Å². The van der Waals surface area contributed by atoms with E-state index in [2.05, 4.69) is 5.09 Å². The van der Waals surface area contributed by atoms with Crippen LogP contribution in [-0.4, -0.2) is 29.2 Å². The molecule has 2 N–H and O–H groups in total. The Hall–Kier alpha value is -2.67. The monoisotopic (exact) mass is 475 g/mol. The molecular weight excluding hydrogens is 449 g/mol. The summed E-state index contributed by atoms with van der Waals surface area (Å²) >= 11 is 1.18. The van der Waals surface area contributed by atoms with Crippen molar-refractivity contribution >= 4 is 40.9 Å². The van der Waals surface area contributed by atoms with Crippen LogP contribution in [0.2, 0.25) is 0 Å². The minimum absolute atomic E-state index is 0.000569. The fourth-order valence-corrected chi connectivity index (χ4v) is 6.28. The Balaban J connectivity index is 1.91. The molecule has 0 saturated heterocycles. The van der Waals surface area contributed by atoms with Gasteiger partial charge in [-0.3, -0.25) is 9.36 Å². The number of thiophene rings is 1. The van der Waals surface area contributed by atoms with Crippen molar-refractivity contribution in [2.24, 2.45) is 0 Å². The molecule has 1 heterocycles. The SMILES string of the molecule is CCCOC(=O)C(C)(C)NP(=O)(Cc1ccc2sc(C(=O)O)cc2c1)Oc1ccccc1. The Kier molecular flexibility index (Phi) is 7.39. The van der Waals surface area contributed by atoms with Gasteiger partial charge in [0.1, 0.15) is 16.2 Å². The molecule has 3 aromatic rings. The Morgan fingerprint density at radius 2 is 1.84 bits per heavy atom. The van der Waals surface area contributed by atoms with E-state index in [4.69, 9.17) is 9.26 Å². The molecule has 0 bridgehead atoms. The molecule has 0 saturated carbocycles. The van der Waals surface area contributed by atoms with Gasteiger partial charge in [0.25, 0.3) is 0 Å². The molecule has 170 valence electrons. The zero-order chi connectivity index (χ0) is 23.4. The van der Waals surface area contributed by atoms with Crippen LogP contribution in [0.3, 0.4) is 0 Å². The Morgan fingerprint density at radius 1 is 1.12 bits per heavy atom. The first kappa shape index (κ1) is 24.0. The minimum Gasteiger partial charge on any atom is -0.477 e. The van der Waals surface area contributed by atoms with Gasteiger partial charge in [0.05, 0.1) is 12.8 Å². The Bertz CT molecular complexity index is 1160. The number of carboxylic acid groups (broad SMARTS) is 1. The number of ether oxygens (including phenoxy) is 1. The second-order valence-corrected chi connectivity index (χ2v) is 11.0. The molecule has 1 aromatic heterocycles. The normalized spacial score (nSPS) is 13.5. The smallest absolute Gasteiger partial charge is 0.345 e. The standard InChI is InChI=1S/C23H26NO6PS/c1-4-12-29-22(27)23(2,3)24-31(28,30-18-8-6-5-7-9-18)15-16-10-11-19-17(13-16)14-20(32-19)21(25)26/h5-11,13-14H,4,12,15H2,1-3H3,(H,24,28)(H,25,26). The van der Waals surface area contributed by atoms with E-state index in [9.17, 15) is 19.3 Å². The number of carboxylic acids is 1. The van der Waals surface area contributed by atoms with Crippen molar-refractivity contribution in [1.29, 1.82) is 0 Å². The molecule has 7 nitrogen and oxygen atoms in total. The number of carbonyl (C=O) groups excluding carboxylic acids is 1. The maximum atomic E-state index is 14.0. The molecule has 32 heavy (non-hydrogen) atoms. The van der Waals surface area contributed by atoms with Gasteiger partial charge >= 0.3 is 19.5 Å². The maximum Gasteiger partial charge on any atom is 0.345 e. The maximum absolute atomic E-state index is 14.0. The number of esters is 1. The van der Waals surface area contributed by atoms with Crippen LogP contribution in [0.5, 0.6) is 5.75 Å². The summed E-state index contributed by atoms with van der Waals surface area (Å²) in [5.74, 6) is -1.10. The van der Waals surface area contributed by atoms with Gasteiger partial charge in [-0.15, -0.1) is 11.3 Å². The molecule has 0 aliphatic heterocycles. The van der Waals surface area contributed by atoms with Gasteiger partial charge in [-0.1, -0.05) is 31.2 Å². The fourth-order valence-electron chi connectivity index (χ4n) is 3.13. The van der Waals surface area contributed by atoms with Crippen molar-refractivity contribution < 1.29 is 28.5 Å². The summed E-state index contributed by atoms with van der Waals surface area (Å²) in [6.45, 7) is 5.38. The fraction of sp³-hybridized carbons (Fsp3) is 0.304. The highest BCUT2D eigenvalue weighted by Gasteiger charge is 2.39. The lowest BCUT2D eigenvalue weighted by molar-refractivity contribution is -0.149. The second kappa shape index (κ2) is 9.86. The number of rotatable bonds is 10. The molecule has 3 rings (SSSR count). The predicted octanol–water partition coefficient (Wildman–Crippen LogP) is 5.69. The topological polar surface area (TPSA) is 102 Å². The van der Waals surface area contributed by atoms with Crippen LogP contribution < -0.4 is 9.61 Å². The summed E-state index contributed by atoms with van der Waals surface area (Å²) in [5, 5.41) is 12.9. The molecule has 1 atom stereocenters. The summed E-state index contributed by atoms with van der Waals surface area (Å²) in [5.41, 5.74) is -0.556. The summed E-state index contributed by atoms with van der Waals surface area (Å²) in [4.78, 5) is 24.0. The van der Waals surface area contributed by atoms with Crippen molar-refractivity contribution in [3.63, 3.8) is 0 Å². The average molecular weight is 476 g/mol. The van der Waals surface area contributed by atoms with Crippen LogP contribution in [0.15, 0.2) is 54.6 Å². The first-order valence-corrected chi connectivity index (χ1v) is 12.8. The van der Waals surface area contributed by atoms with Gasteiger partial charge in [0.15, 0.2) is 0 Å². The zero-order valence-corrected chi connectivity index (χ0v) is 19.9. The van der Waals surface area contributed by atoms with Crippen LogP contribution in [0.4, 0.5) is 0 Å². The van der Waals surface area contributed by atoms with Gasteiger partial charge in [-0.05, 0) is 61.5 Å². The summed E-state index contributed by atoms with van der Waals surface area (Å²) < 4.78 is 25.9. The third-order valence-corrected chi connectivity index (χ3v) is 7.87. The van der Waals surface area contributed by atoms with Crippen molar-refractivity contribution in [3.05, 3.63) is 65.0 Å². The summed E-state index contributed by atoms with van der Waals surface area (Å²) in [7, 11) is -3.62. The van der Waals surface area contributed by atoms with Crippen molar-refractivity contribution in [2.45, 2.75) is 38.9 Å². The number of aromatic carboxylic acids is 1. The number of para-hydroxylation sites is 1. The Labute approximate surface area is 190 Å². The zero-order valence-electron chi connectivity index (χ0n) is 18.2. The molecule has 0 radical (unpaired) electrons. The third-order valence-electron chi connectivity index (χ3n) is 4.58. The molecule has 9 heteroatoms. The van der Waals surface area contributed by atoms with Gasteiger partial charge in [-0.2, -0.15) is 0 Å². The van der Waals surface area contributed by atoms with Crippen LogP contribution in [0.25, 0.3) is 10.1 Å². The van der Waals surface area contributed by atoms with Crippen molar-refractivity contribution in [3.8, 4) is 5.75 Å². The number of benzene rings is 2. The van der Waals surface area contributed by atoms with Gasteiger partial charge < -0.3 is 14.4 Å². The lowest BCUT2D eigenvalue weighted by Gasteiger charge is -2.30. The molecule has 0 amide bonds. The molecule has 1 unspecified atom stereocenters. The third kappa shape index (κ3) is 5.97. The van der Waals surface area contributed by atoms with E-state index in [-0.39, 0.29) is 17.6 Å². The first-order chi connectivity index (χ1) is 15.1. The highest BCUT2D eigenvalue weighted by atomic mass is 32.1. The molecular formula is C23H26NO6PS.